The van der Waals surface area contributed by atoms with Gasteiger partial charge < -0.3 is 11.1 Å². The number of hydrogen-bond acceptors (Lipinski definition) is 6. The Balaban J connectivity index is 1.59. The van der Waals surface area contributed by atoms with Gasteiger partial charge >= 0.3 is 0 Å². The number of likely N-dealkylation sites (tertiary alicyclic amines) is 1. The van der Waals surface area contributed by atoms with Gasteiger partial charge in [-0.3, -0.25) is 9.69 Å². The van der Waals surface area contributed by atoms with E-state index in [1.165, 1.54) is 0 Å². The first-order valence-corrected chi connectivity index (χ1v) is 9.83. The first-order valence-electron chi connectivity index (χ1n) is 9.83. The van der Waals surface area contributed by atoms with Crippen LogP contribution in [0, 0.1) is 0 Å². The minimum atomic E-state index is -0.0844. The number of nitrogens with two attached hydrogens (primary N) is 1. The second-order valence-electron chi connectivity index (χ2n) is 7.14. The Labute approximate surface area is 170 Å². The number of hydrogen-bond donors (Lipinski definition) is 2. The molecule has 0 bridgehead atoms. The van der Waals surface area contributed by atoms with Crippen LogP contribution in [0.4, 0.5) is 11.8 Å². The molecule has 1 aliphatic rings. The molecule has 7 nitrogen and oxygen atoms in total. The van der Waals surface area contributed by atoms with Crippen molar-refractivity contribution in [1.29, 1.82) is 0 Å². The van der Waals surface area contributed by atoms with Crippen LogP contribution < -0.4 is 11.1 Å². The quantitative estimate of drug-likeness (QED) is 0.696. The summed E-state index contributed by atoms with van der Waals surface area (Å²) in [6.45, 7) is 1.11. The van der Waals surface area contributed by atoms with Crippen molar-refractivity contribution in [2.24, 2.45) is 0 Å². The lowest BCUT2D eigenvalue weighted by Gasteiger charge is -2.35. The van der Waals surface area contributed by atoms with E-state index in [1.54, 1.807) is 18.5 Å². The maximum atomic E-state index is 12.6. The number of pyridine rings is 1. The number of carbonyl (C=O) groups excluding carboxylic acids is 1. The zero-order valence-corrected chi connectivity index (χ0v) is 16.2. The van der Waals surface area contributed by atoms with Gasteiger partial charge in [0.1, 0.15) is 5.82 Å². The lowest BCUT2D eigenvalue weighted by Crippen LogP contribution is -2.40. The number of benzene rings is 1. The van der Waals surface area contributed by atoms with Crippen molar-refractivity contribution in [2.75, 3.05) is 24.1 Å². The monoisotopic (exact) mass is 388 g/mol. The Hall–Kier alpha value is -3.32. The fraction of sp³-hybridized carbons (Fsp3) is 0.273. The highest BCUT2D eigenvalue weighted by molar-refractivity contribution is 5.91. The molecule has 1 aliphatic heterocycles. The number of nitrogen functional groups attached to an aromatic ring is 1. The lowest BCUT2D eigenvalue weighted by molar-refractivity contribution is -0.118. The summed E-state index contributed by atoms with van der Waals surface area (Å²) >= 11 is 0. The Bertz CT molecular complexity index is 964. The van der Waals surface area contributed by atoms with E-state index in [4.69, 9.17) is 5.73 Å². The predicted molar refractivity (Wildman–Crippen MR) is 113 cm³/mol. The van der Waals surface area contributed by atoms with Crippen LogP contribution in [-0.4, -0.2) is 38.8 Å². The van der Waals surface area contributed by atoms with Crippen LogP contribution in [0.2, 0.25) is 0 Å². The topological polar surface area (TPSA) is 97.0 Å². The van der Waals surface area contributed by atoms with Crippen LogP contribution >= 0.6 is 0 Å². The van der Waals surface area contributed by atoms with Crippen molar-refractivity contribution < 1.29 is 4.79 Å². The van der Waals surface area contributed by atoms with Crippen LogP contribution in [0.25, 0.3) is 11.1 Å². The standard InChI is InChI=1S/C22H24N6O/c23-22-25-14-17(16-8-2-1-3-9-16)21(27-22)18-10-5-7-13-28(18)15-20(29)26-19-11-4-6-12-24-19/h1-4,6,8-9,11-12,14,18H,5,7,10,13,15H2,(H2,23,25,27)(H,24,26,29). The third kappa shape index (κ3) is 4.57. The highest BCUT2D eigenvalue weighted by Gasteiger charge is 2.29. The van der Waals surface area contributed by atoms with Crippen LogP contribution in [-0.2, 0) is 4.79 Å². The zero-order valence-electron chi connectivity index (χ0n) is 16.2. The maximum Gasteiger partial charge on any atom is 0.239 e. The van der Waals surface area contributed by atoms with Gasteiger partial charge in [0.15, 0.2) is 0 Å². The SMILES string of the molecule is Nc1ncc(-c2ccccc2)c(C2CCCCN2CC(=O)Nc2ccccn2)n1. The number of carbonyl (C=O) groups is 1. The summed E-state index contributed by atoms with van der Waals surface area (Å²) in [6.07, 6.45) is 6.51. The molecule has 2 aromatic heterocycles. The third-order valence-electron chi connectivity index (χ3n) is 5.13. The van der Waals surface area contributed by atoms with E-state index in [0.29, 0.717) is 5.82 Å². The minimum Gasteiger partial charge on any atom is -0.368 e. The summed E-state index contributed by atoms with van der Waals surface area (Å²) < 4.78 is 0. The summed E-state index contributed by atoms with van der Waals surface area (Å²) in [6, 6.07) is 15.5. The molecule has 4 rings (SSSR count). The Morgan fingerprint density at radius 3 is 2.72 bits per heavy atom. The molecule has 148 valence electrons. The second kappa shape index (κ2) is 8.79. The zero-order chi connectivity index (χ0) is 20.1. The third-order valence-corrected chi connectivity index (χ3v) is 5.13. The number of nitrogens with one attached hydrogen (secondary N) is 1. The molecule has 1 saturated heterocycles. The summed E-state index contributed by atoms with van der Waals surface area (Å²) in [5.41, 5.74) is 8.82. The van der Waals surface area contributed by atoms with E-state index in [1.807, 2.05) is 42.5 Å². The summed E-state index contributed by atoms with van der Waals surface area (Å²) in [7, 11) is 0. The van der Waals surface area contributed by atoms with Gasteiger partial charge in [0, 0.05) is 18.0 Å². The lowest BCUT2D eigenvalue weighted by atomic mass is 9.94. The number of nitrogens with zero attached hydrogens (tertiary/aromatic N) is 4. The first-order chi connectivity index (χ1) is 14.2. The summed E-state index contributed by atoms with van der Waals surface area (Å²) in [5, 5.41) is 2.87. The van der Waals surface area contributed by atoms with Gasteiger partial charge in [-0.1, -0.05) is 42.8 Å². The van der Waals surface area contributed by atoms with Gasteiger partial charge in [0.05, 0.1) is 18.3 Å². The Kier molecular flexibility index (Phi) is 5.76. The van der Waals surface area contributed by atoms with Gasteiger partial charge in [0.25, 0.3) is 0 Å². The Morgan fingerprint density at radius 2 is 1.93 bits per heavy atom. The van der Waals surface area contributed by atoms with Crippen LogP contribution in [0.3, 0.4) is 0 Å². The van der Waals surface area contributed by atoms with Crippen LogP contribution in [0.15, 0.2) is 60.9 Å². The molecule has 3 N–H and O–H groups in total. The predicted octanol–water partition coefficient (Wildman–Crippen LogP) is 3.29. The number of anilines is 2. The summed E-state index contributed by atoms with van der Waals surface area (Å²) in [5.74, 6) is 0.726. The van der Waals surface area contributed by atoms with E-state index in [2.05, 4.69) is 25.2 Å². The van der Waals surface area contributed by atoms with Gasteiger partial charge in [-0.15, -0.1) is 0 Å². The number of piperidine rings is 1. The van der Waals surface area contributed by atoms with Crippen molar-refractivity contribution in [3.05, 3.63) is 66.6 Å². The average molecular weight is 388 g/mol. The fourth-order valence-electron chi connectivity index (χ4n) is 3.80. The van der Waals surface area contributed by atoms with Gasteiger partial charge in [0.2, 0.25) is 11.9 Å². The fourth-order valence-corrected chi connectivity index (χ4v) is 3.80. The molecular formula is C22H24N6O. The normalized spacial score (nSPS) is 17.0. The van der Waals surface area contributed by atoms with E-state index >= 15 is 0 Å². The van der Waals surface area contributed by atoms with Crippen molar-refractivity contribution in [3.8, 4) is 11.1 Å². The first kappa shape index (κ1) is 19.0. The molecule has 1 atom stereocenters. The molecule has 3 heterocycles. The molecule has 1 unspecified atom stereocenters. The minimum absolute atomic E-state index is 0.0127. The maximum absolute atomic E-state index is 12.6. The number of amides is 1. The van der Waals surface area contributed by atoms with Crippen molar-refractivity contribution in [2.45, 2.75) is 25.3 Å². The Morgan fingerprint density at radius 1 is 1.10 bits per heavy atom. The largest absolute Gasteiger partial charge is 0.368 e. The molecule has 7 heteroatoms. The molecule has 3 aromatic rings. The highest BCUT2D eigenvalue weighted by atomic mass is 16.2. The molecule has 29 heavy (non-hydrogen) atoms. The van der Waals surface area contributed by atoms with Crippen LogP contribution in [0.5, 0.6) is 0 Å². The summed E-state index contributed by atoms with van der Waals surface area (Å²) in [4.78, 5) is 27.8. The number of rotatable bonds is 5. The highest BCUT2D eigenvalue weighted by Crippen LogP contribution is 2.35. The smallest absolute Gasteiger partial charge is 0.239 e. The van der Waals surface area contributed by atoms with Gasteiger partial charge in [-0.05, 0) is 37.1 Å². The molecule has 0 aliphatic carbocycles. The van der Waals surface area contributed by atoms with Crippen molar-refractivity contribution >= 4 is 17.7 Å². The molecule has 0 spiro atoms. The average Bonchev–Trinajstić information content (AvgIpc) is 2.75. The van der Waals surface area contributed by atoms with Gasteiger partial charge in [-0.25, -0.2) is 15.0 Å². The van der Waals surface area contributed by atoms with Gasteiger partial charge in [-0.2, -0.15) is 0 Å². The van der Waals surface area contributed by atoms with Crippen LogP contribution in [0.1, 0.15) is 31.0 Å². The van der Waals surface area contributed by atoms with E-state index in [9.17, 15) is 4.79 Å². The molecule has 0 saturated carbocycles. The molecule has 0 radical (unpaired) electrons. The van der Waals surface area contributed by atoms with E-state index in [-0.39, 0.29) is 24.4 Å². The van der Waals surface area contributed by atoms with E-state index < -0.39 is 0 Å². The molecule has 1 amide bonds. The van der Waals surface area contributed by atoms with Crippen molar-refractivity contribution in [3.63, 3.8) is 0 Å². The van der Waals surface area contributed by atoms with Crippen molar-refractivity contribution in [1.82, 2.24) is 19.9 Å². The molecule has 1 aromatic carbocycles. The number of aromatic nitrogens is 3. The van der Waals surface area contributed by atoms with E-state index in [0.717, 1.165) is 42.6 Å². The molecular weight excluding hydrogens is 364 g/mol. The second-order valence-corrected chi connectivity index (χ2v) is 7.14. The molecule has 1 fully saturated rings.